The van der Waals surface area contributed by atoms with Crippen molar-refractivity contribution in [1.29, 1.82) is 0 Å². The molecule has 9 heteroatoms. The van der Waals surface area contributed by atoms with E-state index in [-0.39, 0.29) is 49.2 Å². The van der Waals surface area contributed by atoms with E-state index in [4.69, 9.17) is 15.2 Å². The predicted molar refractivity (Wildman–Crippen MR) is 103 cm³/mol. The summed E-state index contributed by atoms with van der Waals surface area (Å²) in [6.07, 6.45) is 0.971. The zero-order valence-electron chi connectivity index (χ0n) is 14.5. The second-order valence-corrected chi connectivity index (χ2v) is 6.15. The molecule has 0 spiro atoms. The second kappa shape index (κ2) is 10.9. The molecule has 1 amide bonds. The smallest absolute Gasteiger partial charge is 0.249 e. The molecule has 2 atom stereocenters. The van der Waals surface area contributed by atoms with Crippen molar-refractivity contribution in [1.82, 2.24) is 5.32 Å². The van der Waals surface area contributed by atoms with Gasteiger partial charge in [-0.3, -0.25) is 4.79 Å². The van der Waals surface area contributed by atoms with E-state index in [1.165, 1.54) is 12.1 Å². The molecule has 0 aliphatic carbocycles. The third kappa shape index (κ3) is 5.69. The van der Waals surface area contributed by atoms with Crippen molar-refractivity contribution in [3.05, 3.63) is 29.6 Å². The van der Waals surface area contributed by atoms with Gasteiger partial charge in [0.05, 0.1) is 19.3 Å². The first-order valence-corrected chi connectivity index (χ1v) is 8.41. The summed E-state index contributed by atoms with van der Waals surface area (Å²) in [6, 6.07) is 4.68. The summed E-state index contributed by atoms with van der Waals surface area (Å²) < 4.78 is 24.6. The number of amides is 1. The molecular formula is C17H26Cl2FN3O3. The molecule has 1 aromatic rings. The molecule has 2 aliphatic rings. The molecule has 1 aromatic carbocycles. The molecule has 6 nitrogen and oxygen atoms in total. The number of carbonyl (C=O) groups excluding carboxylic acids is 1. The summed E-state index contributed by atoms with van der Waals surface area (Å²) in [7, 11) is 0. The summed E-state index contributed by atoms with van der Waals surface area (Å²) in [5.74, 6) is -0.472. The van der Waals surface area contributed by atoms with Gasteiger partial charge in [-0.2, -0.15) is 0 Å². The number of nitrogens with two attached hydrogens (primary N) is 1. The maximum atomic E-state index is 13.6. The van der Waals surface area contributed by atoms with E-state index in [0.717, 1.165) is 30.8 Å². The van der Waals surface area contributed by atoms with Crippen LogP contribution in [0.4, 0.5) is 10.1 Å². The van der Waals surface area contributed by atoms with Crippen LogP contribution in [0.2, 0.25) is 0 Å². The Morgan fingerprint density at radius 1 is 1.27 bits per heavy atom. The van der Waals surface area contributed by atoms with Crippen LogP contribution in [-0.2, 0) is 20.8 Å². The number of carbonyl (C=O) groups is 1. The Kier molecular flexibility index (Phi) is 9.60. The van der Waals surface area contributed by atoms with Crippen LogP contribution in [0.5, 0.6) is 0 Å². The third-order valence-electron chi connectivity index (χ3n) is 4.51. The lowest BCUT2D eigenvalue weighted by Crippen LogP contribution is -2.38. The monoisotopic (exact) mass is 409 g/mol. The highest BCUT2D eigenvalue weighted by Gasteiger charge is 2.29. The number of nitrogens with zero attached hydrogens (tertiary/aromatic N) is 1. The van der Waals surface area contributed by atoms with Crippen LogP contribution >= 0.6 is 24.8 Å². The van der Waals surface area contributed by atoms with Gasteiger partial charge >= 0.3 is 0 Å². The van der Waals surface area contributed by atoms with E-state index < -0.39 is 6.10 Å². The quantitative estimate of drug-likeness (QED) is 0.772. The van der Waals surface area contributed by atoms with Crippen LogP contribution in [0.1, 0.15) is 18.4 Å². The van der Waals surface area contributed by atoms with Gasteiger partial charge in [-0.25, -0.2) is 4.39 Å². The van der Waals surface area contributed by atoms with Gasteiger partial charge in [0.25, 0.3) is 0 Å². The molecule has 0 bridgehead atoms. The summed E-state index contributed by atoms with van der Waals surface area (Å²) in [4.78, 5) is 14.4. The lowest BCUT2D eigenvalue weighted by atomic mass is 10.1. The summed E-state index contributed by atoms with van der Waals surface area (Å²) in [5.41, 5.74) is 7.27. The number of anilines is 1. The van der Waals surface area contributed by atoms with Gasteiger partial charge in [-0.05, 0) is 36.6 Å². The molecule has 26 heavy (non-hydrogen) atoms. The molecule has 0 radical (unpaired) electrons. The Bertz CT molecular complexity index is 588. The standard InChI is InChI=1S/C17H24FN3O3.2ClH/c18-13-1-3-15(21-5-7-23-8-6-21)12(9-13)11-20-17(22)16-4-2-14(10-19)24-16;;/h1,3,9,14,16H,2,4-8,10-11,19H2,(H,20,22);2*1H/t14-,16+;;/m1../s1. The van der Waals surface area contributed by atoms with Crippen LogP contribution in [0.15, 0.2) is 18.2 Å². The van der Waals surface area contributed by atoms with Gasteiger partial charge in [0.15, 0.2) is 0 Å². The number of halogens is 3. The Labute approximate surface area is 165 Å². The molecule has 0 unspecified atom stereocenters. The Morgan fingerprint density at radius 3 is 2.65 bits per heavy atom. The van der Waals surface area contributed by atoms with Crippen LogP contribution in [-0.4, -0.2) is 51.0 Å². The fourth-order valence-corrected chi connectivity index (χ4v) is 3.18. The lowest BCUT2D eigenvalue weighted by Gasteiger charge is -2.30. The van der Waals surface area contributed by atoms with Gasteiger partial charge in [-0.15, -0.1) is 24.8 Å². The average Bonchev–Trinajstić information content (AvgIpc) is 3.10. The molecule has 148 valence electrons. The third-order valence-corrected chi connectivity index (χ3v) is 4.51. The number of hydrogen-bond acceptors (Lipinski definition) is 5. The van der Waals surface area contributed by atoms with Gasteiger partial charge < -0.3 is 25.4 Å². The maximum Gasteiger partial charge on any atom is 0.249 e. The normalized spacial score (nSPS) is 22.3. The molecule has 2 fully saturated rings. The topological polar surface area (TPSA) is 76.8 Å². The number of morpholine rings is 1. The molecule has 0 aromatic heterocycles. The fraction of sp³-hybridized carbons (Fsp3) is 0.588. The van der Waals surface area contributed by atoms with Crippen molar-refractivity contribution in [2.75, 3.05) is 37.7 Å². The molecule has 2 saturated heterocycles. The number of benzene rings is 1. The zero-order valence-corrected chi connectivity index (χ0v) is 16.1. The van der Waals surface area contributed by atoms with Crippen molar-refractivity contribution in [2.24, 2.45) is 5.73 Å². The highest BCUT2D eigenvalue weighted by Crippen LogP contribution is 2.23. The summed E-state index contributed by atoms with van der Waals surface area (Å²) in [5, 5.41) is 2.86. The van der Waals surface area contributed by atoms with Gasteiger partial charge in [0, 0.05) is 31.9 Å². The van der Waals surface area contributed by atoms with E-state index in [2.05, 4.69) is 10.2 Å². The predicted octanol–water partition coefficient (Wildman–Crippen LogP) is 1.63. The molecule has 3 rings (SSSR count). The van der Waals surface area contributed by atoms with Crippen molar-refractivity contribution >= 4 is 36.4 Å². The van der Waals surface area contributed by atoms with E-state index in [1.807, 2.05) is 0 Å². The van der Waals surface area contributed by atoms with E-state index in [0.29, 0.717) is 26.2 Å². The first-order chi connectivity index (χ1) is 11.7. The number of ether oxygens (including phenoxy) is 2. The van der Waals surface area contributed by atoms with Crippen molar-refractivity contribution in [3.8, 4) is 0 Å². The van der Waals surface area contributed by atoms with Crippen molar-refractivity contribution in [2.45, 2.75) is 31.6 Å². The largest absolute Gasteiger partial charge is 0.378 e. The van der Waals surface area contributed by atoms with Gasteiger partial charge in [0.2, 0.25) is 5.91 Å². The molecule has 2 aliphatic heterocycles. The molecule has 0 saturated carbocycles. The van der Waals surface area contributed by atoms with Gasteiger partial charge in [0.1, 0.15) is 11.9 Å². The van der Waals surface area contributed by atoms with E-state index in [9.17, 15) is 9.18 Å². The minimum Gasteiger partial charge on any atom is -0.378 e. The first-order valence-electron chi connectivity index (χ1n) is 8.41. The molecule has 2 heterocycles. The van der Waals surface area contributed by atoms with Crippen LogP contribution in [0, 0.1) is 5.82 Å². The van der Waals surface area contributed by atoms with Crippen LogP contribution in [0.25, 0.3) is 0 Å². The van der Waals surface area contributed by atoms with E-state index >= 15 is 0 Å². The Hall–Kier alpha value is -1.12. The SMILES string of the molecule is Cl.Cl.NC[C@H]1CC[C@@H](C(=O)NCc2cc(F)ccc2N2CCOCC2)O1. The van der Waals surface area contributed by atoms with E-state index in [1.54, 1.807) is 6.07 Å². The minimum absolute atomic E-state index is 0. The average molecular weight is 410 g/mol. The fourth-order valence-electron chi connectivity index (χ4n) is 3.18. The Balaban J connectivity index is 0.00000169. The molecule has 3 N–H and O–H groups in total. The molecular weight excluding hydrogens is 384 g/mol. The Morgan fingerprint density at radius 2 is 2.00 bits per heavy atom. The minimum atomic E-state index is -0.459. The first kappa shape index (κ1) is 22.9. The van der Waals surface area contributed by atoms with Gasteiger partial charge in [-0.1, -0.05) is 0 Å². The lowest BCUT2D eigenvalue weighted by molar-refractivity contribution is -0.132. The maximum absolute atomic E-state index is 13.6. The zero-order chi connectivity index (χ0) is 16.9. The van der Waals surface area contributed by atoms with Crippen molar-refractivity contribution < 1.29 is 18.7 Å². The summed E-state index contributed by atoms with van der Waals surface area (Å²) >= 11 is 0. The van der Waals surface area contributed by atoms with Crippen LogP contribution < -0.4 is 16.0 Å². The second-order valence-electron chi connectivity index (χ2n) is 6.15. The number of hydrogen-bond donors (Lipinski definition) is 2. The number of rotatable bonds is 5. The number of nitrogens with one attached hydrogen (secondary N) is 1. The van der Waals surface area contributed by atoms with Crippen molar-refractivity contribution in [3.63, 3.8) is 0 Å². The summed E-state index contributed by atoms with van der Waals surface area (Å²) in [6.45, 7) is 3.53. The van der Waals surface area contributed by atoms with Crippen LogP contribution in [0.3, 0.4) is 0 Å². The highest BCUT2D eigenvalue weighted by molar-refractivity contribution is 5.85. The highest BCUT2D eigenvalue weighted by atomic mass is 35.5.